The second-order valence-corrected chi connectivity index (χ2v) is 4.66. The third kappa shape index (κ3) is 18.5. The zero-order chi connectivity index (χ0) is 11.5. The van der Waals surface area contributed by atoms with Crippen molar-refractivity contribution < 1.29 is 26.2 Å². The van der Waals surface area contributed by atoms with Gasteiger partial charge in [0.1, 0.15) is 0 Å². The Kier molecular flexibility index (Phi) is 28.7. The summed E-state index contributed by atoms with van der Waals surface area (Å²) in [6.07, 6.45) is 0. The molecule has 0 spiro atoms. The molecule has 0 atom stereocenters. The molecular weight excluding hydrogens is 335 g/mol. The van der Waals surface area contributed by atoms with E-state index in [4.69, 9.17) is 0 Å². The fraction of sp³-hybridized carbons (Fsp3) is 0.267. The van der Waals surface area contributed by atoms with Crippen LogP contribution in [0.2, 0.25) is 13.1 Å². The molecule has 0 aliphatic heterocycles. The normalized spacial score (nSPS) is 6.89. The molecule has 0 nitrogen and oxygen atoms in total. The van der Waals surface area contributed by atoms with Crippen LogP contribution in [0.3, 0.4) is 0 Å². The zero-order valence-electron chi connectivity index (χ0n) is 12.1. The monoisotopic (exact) mass is 358 g/mol. The average Bonchev–Trinajstić information content (AvgIpc) is 2.81. The Morgan fingerprint density at radius 1 is 0.889 bits per heavy atom. The number of halogens is 1. The fourth-order valence-corrected chi connectivity index (χ4v) is 0.940. The van der Waals surface area contributed by atoms with Crippen LogP contribution in [-0.2, 0) is 26.2 Å². The van der Waals surface area contributed by atoms with Gasteiger partial charge in [-0.05, 0) is 0 Å². The first kappa shape index (κ1) is 26.6. The molecule has 0 bridgehead atoms. The van der Waals surface area contributed by atoms with Crippen LogP contribution < -0.4 is 0 Å². The third-order valence-corrected chi connectivity index (χ3v) is 1.66. The quantitative estimate of drug-likeness (QED) is 0.467. The first-order valence-corrected chi connectivity index (χ1v) is 7.62. The summed E-state index contributed by atoms with van der Waals surface area (Å²) in [5, 5.41) is 0. The molecule has 3 heteroatoms. The van der Waals surface area contributed by atoms with Gasteiger partial charge >= 0.3 is 26.2 Å². The molecule has 18 heavy (non-hydrogen) atoms. The maximum atomic E-state index is 2.21. The van der Waals surface area contributed by atoms with Gasteiger partial charge in [0.05, 0.1) is 0 Å². The van der Waals surface area contributed by atoms with Crippen molar-refractivity contribution in [2.45, 2.75) is 26.9 Å². The van der Waals surface area contributed by atoms with Gasteiger partial charge in [0.25, 0.3) is 0 Å². The zero-order valence-corrected chi connectivity index (χ0v) is 16.5. The Morgan fingerprint density at radius 3 is 1.22 bits per heavy atom. The SMILES string of the molecule is C[SiH]C.Cc1cc[cH-]c1.Cc1cc[cH-]c1.Cl.[CH3-].[Zr+3]. The molecule has 2 radical (unpaired) electrons. The van der Waals surface area contributed by atoms with E-state index in [-0.39, 0.29) is 46.0 Å². The van der Waals surface area contributed by atoms with E-state index in [2.05, 4.69) is 51.2 Å². The molecule has 0 aromatic heterocycles. The smallest absolute Gasteiger partial charge is 0.358 e. The molecule has 0 N–H and O–H groups in total. The minimum atomic E-state index is 0. The first-order valence-electron chi connectivity index (χ1n) is 5.31. The molecule has 100 valence electrons. The second kappa shape index (κ2) is 19.4. The van der Waals surface area contributed by atoms with Gasteiger partial charge in [-0.3, -0.25) is 0 Å². The van der Waals surface area contributed by atoms with E-state index < -0.39 is 0 Å². The standard InChI is InChI=1S/2C6H7.C2H7Si.CH3.ClH.Zr/c2*1-6-4-2-3-5-6;1-3-2;;;/h2*2-5H,1H3;3H,1-2H3;1H3;1H;/q2*-1;;-1;;+3. The van der Waals surface area contributed by atoms with Gasteiger partial charge in [-0.25, -0.2) is 23.3 Å². The number of hydrogen-bond acceptors (Lipinski definition) is 0. The van der Waals surface area contributed by atoms with E-state index in [0.29, 0.717) is 0 Å². The fourth-order valence-electron chi connectivity index (χ4n) is 0.940. The van der Waals surface area contributed by atoms with Crippen LogP contribution in [-0.4, -0.2) is 9.52 Å². The van der Waals surface area contributed by atoms with Gasteiger partial charge in [0, 0.05) is 9.52 Å². The maximum Gasteiger partial charge on any atom is 3.00 e. The maximum absolute atomic E-state index is 2.21. The van der Waals surface area contributed by atoms with Crippen molar-refractivity contribution in [3.8, 4) is 0 Å². The molecule has 0 unspecified atom stereocenters. The van der Waals surface area contributed by atoms with Gasteiger partial charge in [0.15, 0.2) is 0 Å². The molecule has 0 amide bonds. The second-order valence-electron chi connectivity index (χ2n) is 3.50. The van der Waals surface area contributed by atoms with E-state index in [1.54, 1.807) is 0 Å². The van der Waals surface area contributed by atoms with E-state index in [1.807, 2.05) is 24.3 Å². The van der Waals surface area contributed by atoms with Crippen LogP contribution in [0.4, 0.5) is 0 Å². The first-order chi connectivity index (χ1) is 7.20. The Labute approximate surface area is 141 Å². The van der Waals surface area contributed by atoms with Crippen molar-refractivity contribution in [1.82, 2.24) is 0 Å². The average molecular weight is 360 g/mol. The Balaban J connectivity index is -0.0000000793. The van der Waals surface area contributed by atoms with Crippen molar-refractivity contribution in [2.24, 2.45) is 0 Å². The van der Waals surface area contributed by atoms with Crippen LogP contribution in [0.15, 0.2) is 48.5 Å². The molecule has 0 aliphatic rings. The molecule has 0 heterocycles. The van der Waals surface area contributed by atoms with Crippen LogP contribution in [0.1, 0.15) is 11.1 Å². The van der Waals surface area contributed by atoms with Gasteiger partial charge in [-0.15, -0.1) is 12.4 Å². The summed E-state index contributed by atoms with van der Waals surface area (Å²) in [5.74, 6) is 0. The summed E-state index contributed by atoms with van der Waals surface area (Å²) in [6, 6.07) is 16.5. The van der Waals surface area contributed by atoms with Gasteiger partial charge < -0.3 is 7.43 Å². The summed E-state index contributed by atoms with van der Waals surface area (Å²) in [4.78, 5) is 0. The van der Waals surface area contributed by atoms with Crippen molar-refractivity contribution in [3.05, 3.63) is 67.1 Å². The molecule has 0 saturated heterocycles. The molecule has 0 saturated carbocycles. The van der Waals surface area contributed by atoms with Crippen LogP contribution >= 0.6 is 12.4 Å². The van der Waals surface area contributed by atoms with Crippen molar-refractivity contribution >= 4 is 21.9 Å². The van der Waals surface area contributed by atoms with Crippen LogP contribution in [0.5, 0.6) is 0 Å². The van der Waals surface area contributed by atoms with E-state index in [0.717, 1.165) is 9.52 Å². The van der Waals surface area contributed by atoms with Gasteiger partial charge in [-0.2, -0.15) is 36.4 Å². The van der Waals surface area contributed by atoms with Crippen LogP contribution in [0, 0.1) is 21.3 Å². The van der Waals surface area contributed by atoms with E-state index in [9.17, 15) is 0 Å². The molecule has 2 aromatic carbocycles. The molecule has 2 rings (SSSR count). The molecule has 2 aromatic rings. The van der Waals surface area contributed by atoms with Crippen molar-refractivity contribution in [3.63, 3.8) is 0 Å². The molecule has 0 fully saturated rings. The van der Waals surface area contributed by atoms with Crippen LogP contribution in [0.25, 0.3) is 0 Å². The van der Waals surface area contributed by atoms with Gasteiger partial charge in [-0.1, -0.05) is 26.9 Å². The summed E-state index contributed by atoms with van der Waals surface area (Å²) in [5.41, 5.74) is 2.69. The summed E-state index contributed by atoms with van der Waals surface area (Å²) < 4.78 is 0. The van der Waals surface area contributed by atoms with E-state index >= 15 is 0 Å². The minimum Gasteiger partial charge on any atom is -0.358 e. The Bertz CT molecular complexity index is 269. The predicted molar refractivity (Wildman–Crippen MR) is 86.1 cm³/mol. The topological polar surface area (TPSA) is 0 Å². The molecule has 0 aliphatic carbocycles. The predicted octanol–water partition coefficient (Wildman–Crippen LogP) is 4.82. The van der Waals surface area contributed by atoms with Crippen molar-refractivity contribution in [2.75, 3.05) is 0 Å². The molecular formula is C15H25ClSiZr. The summed E-state index contributed by atoms with van der Waals surface area (Å²) in [6.45, 7) is 8.58. The summed E-state index contributed by atoms with van der Waals surface area (Å²) >= 11 is 0. The third-order valence-electron chi connectivity index (χ3n) is 1.66. The number of hydrogen-bond donors (Lipinski definition) is 0. The van der Waals surface area contributed by atoms with Gasteiger partial charge in [0.2, 0.25) is 0 Å². The number of rotatable bonds is 0. The van der Waals surface area contributed by atoms with Crippen molar-refractivity contribution in [1.29, 1.82) is 0 Å². The minimum absolute atomic E-state index is 0. The Hall–Kier alpha value is 0.0900. The van der Waals surface area contributed by atoms with E-state index in [1.165, 1.54) is 11.1 Å². The summed E-state index contributed by atoms with van der Waals surface area (Å²) in [7, 11) is 0.750. The number of aryl methyl sites for hydroxylation is 2. The Morgan fingerprint density at radius 2 is 1.17 bits per heavy atom. The largest absolute Gasteiger partial charge is 3.00 e.